The van der Waals surface area contributed by atoms with Crippen molar-refractivity contribution in [2.24, 2.45) is 0 Å². The number of fused-ring (bicyclic) bond motifs is 1. The van der Waals surface area contributed by atoms with Crippen molar-refractivity contribution >= 4 is 28.6 Å². The second-order valence-electron chi connectivity index (χ2n) is 4.88. The molecule has 0 radical (unpaired) electrons. The number of nitrogen functional groups attached to an aromatic ring is 1. The van der Waals surface area contributed by atoms with Gasteiger partial charge in [0.25, 0.3) is 0 Å². The number of aromatic nitrogens is 1. The van der Waals surface area contributed by atoms with Gasteiger partial charge in [-0.25, -0.2) is 4.98 Å². The lowest BCUT2D eigenvalue weighted by Gasteiger charge is -2.16. The van der Waals surface area contributed by atoms with E-state index in [1.165, 1.54) is 4.90 Å². The summed E-state index contributed by atoms with van der Waals surface area (Å²) in [4.78, 5) is 29.3. The molecule has 2 N–H and O–H groups in total. The van der Waals surface area contributed by atoms with Crippen molar-refractivity contribution in [3.05, 3.63) is 24.1 Å². The van der Waals surface area contributed by atoms with Crippen molar-refractivity contribution in [2.75, 3.05) is 5.73 Å². The fraction of sp³-hybridized carbons (Fsp3) is 0.357. The first kappa shape index (κ1) is 12.7. The van der Waals surface area contributed by atoms with Gasteiger partial charge in [0.2, 0.25) is 17.7 Å². The van der Waals surface area contributed by atoms with E-state index in [1.807, 2.05) is 0 Å². The van der Waals surface area contributed by atoms with Crippen LogP contribution in [0.4, 0.5) is 5.69 Å². The van der Waals surface area contributed by atoms with E-state index in [1.54, 1.807) is 18.2 Å². The van der Waals surface area contributed by atoms with Crippen molar-refractivity contribution in [3.63, 3.8) is 0 Å². The number of oxazole rings is 1. The summed E-state index contributed by atoms with van der Waals surface area (Å²) < 4.78 is 5.55. The van der Waals surface area contributed by atoms with Crippen LogP contribution < -0.4 is 5.73 Å². The van der Waals surface area contributed by atoms with Crippen LogP contribution in [0, 0.1) is 0 Å². The topological polar surface area (TPSA) is 89.4 Å². The third-order valence-electron chi connectivity index (χ3n) is 3.42. The molecule has 0 bridgehead atoms. The zero-order valence-electron chi connectivity index (χ0n) is 11.0. The number of carbonyl (C=O) groups excluding carboxylic acids is 2. The maximum atomic E-state index is 11.9. The summed E-state index contributed by atoms with van der Waals surface area (Å²) in [6.07, 6.45) is 2.30. The molecule has 0 unspecified atom stereocenters. The van der Waals surface area contributed by atoms with E-state index in [0.29, 0.717) is 35.5 Å². The lowest BCUT2D eigenvalue weighted by molar-refractivity contribution is -0.144. The molecule has 2 aromatic rings. The van der Waals surface area contributed by atoms with E-state index >= 15 is 0 Å². The average Bonchev–Trinajstić information content (AvgIpc) is 2.78. The first-order chi connectivity index (χ1) is 9.65. The van der Waals surface area contributed by atoms with Crippen LogP contribution in [0.25, 0.3) is 11.1 Å². The van der Waals surface area contributed by atoms with Gasteiger partial charge in [0, 0.05) is 12.8 Å². The molecule has 1 aliphatic rings. The van der Waals surface area contributed by atoms with Gasteiger partial charge < -0.3 is 10.2 Å². The largest absolute Gasteiger partial charge is 0.439 e. The quantitative estimate of drug-likeness (QED) is 0.666. The molecule has 1 saturated heterocycles. The summed E-state index contributed by atoms with van der Waals surface area (Å²) in [6.45, 7) is 0.0752. The summed E-state index contributed by atoms with van der Waals surface area (Å²) in [5.74, 6) is 0.00644. The van der Waals surface area contributed by atoms with Crippen molar-refractivity contribution in [1.82, 2.24) is 9.88 Å². The Morgan fingerprint density at radius 3 is 2.55 bits per heavy atom. The highest BCUT2D eigenvalue weighted by Crippen LogP contribution is 2.23. The van der Waals surface area contributed by atoms with Crippen LogP contribution in [0.3, 0.4) is 0 Å². The van der Waals surface area contributed by atoms with Crippen LogP contribution in [0.5, 0.6) is 0 Å². The highest BCUT2D eigenvalue weighted by Gasteiger charge is 2.25. The summed E-state index contributed by atoms with van der Waals surface area (Å²) in [5, 5.41) is 0. The molecule has 3 rings (SSSR count). The highest BCUT2D eigenvalue weighted by molar-refractivity contribution is 5.96. The van der Waals surface area contributed by atoms with Crippen molar-refractivity contribution in [3.8, 4) is 0 Å². The molecule has 2 amide bonds. The molecule has 1 aromatic heterocycles. The normalized spacial score (nSPS) is 16.7. The maximum absolute atomic E-state index is 11.9. The monoisotopic (exact) mass is 273 g/mol. The van der Waals surface area contributed by atoms with Gasteiger partial charge in [0.05, 0.1) is 5.69 Å². The second kappa shape index (κ2) is 4.96. The molecule has 0 aliphatic carbocycles. The minimum Gasteiger partial charge on any atom is -0.439 e. The number of benzene rings is 1. The lowest BCUT2D eigenvalue weighted by Crippen LogP contribution is -2.34. The Labute approximate surface area is 115 Å². The van der Waals surface area contributed by atoms with E-state index in [-0.39, 0.29) is 18.4 Å². The Bertz CT molecular complexity index is 659. The number of hydrogen-bond acceptors (Lipinski definition) is 5. The molecule has 104 valence electrons. The van der Waals surface area contributed by atoms with Crippen LogP contribution in [0.15, 0.2) is 22.6 Å². The van der Waals surface area contributed by atoms with E-state index in [2.05, 4.69) is 4.98 Å². The van der Waals surface area contributed by atoms with Crippen LogP contribution in [0.2, 0.25) is 0 Å². The number of amides is 2. The standard InChI is InChI=1S/C14H15N3O3/c15-9-4-3-5-10-14(9)16-11(20-10)8-17-12(18)6-1-2-7-13(17)19/h3-5H,1-2,6-8,15H2. The van der Waals surface area contributed by atoms with E-state index in [0.717, 1.165) is 12.8 Å². The summed E-state index contributed by atoms with van der Waals surface area (Å²) >= 11 is 0. The summed E-state index contributed by atoms with van der Waals surface area (Å²) in [5.41, 5.74) is 7.46. The van der Waals surface area contributed by atoms with Crippen LogP contribution in [-0.4, -0.2) is 21.7 Å². The molecule has 0 spiro atoms. The predicted molar refractivity (Wildman–Crippen MR) is 72.4 cm³/mol. The van der Waals surface area contributed by atoms with Gasteiger partial charge in [-0.05, 0) is 25.0 Å². The lowest BCUT2D eigenvalue weighted by atomic mass is 10.2. The van der Waals surface area contributed by atoms with Gasteiger partial charge in [0.1, 0.15) is 12.1 Å². The van der Waals surface area contributed by atoms with E-state index < -0.39 is 0 Å². The van der Waals surface area contributed by atoms with Gasteiger partial charge in [-0.3, -0.25) is 14.5 Å². The molecule has 0 saturated carbocycles. The number of anilines is 1. The summed E-state index contributed by atoms with van der Waals surface area (Å²) in [6, 6.07) is 5.26. The molecule has 6 heteroatoms. The third kappa shape index (κ3) is 2.24. The number of nitrogens with zero attached hydrogens (tertiary/aromatic N) is 2. The number of nitrogens with two attached hydrogens (primary N) is 1. The first-order valence-electron chi connectivity index (χ1n) is 6.62. The highest BCUT2D eigenvalue weighted by atomic mass is 16.3. The molecule has 6 nitrogen and oxygen atoms in total. The minimum absolute atomic E-state index is 0.0752. The number of rotatable bonds is 2. The van der Waals surface area contributed by atoms with Crippen molar-refractivity contribution in [1.29, 1.82) is 0 Å². The number of para-hydroxylation sites is 1. The minimum atomic E-state index is -0.164. The number of carbonyl (C=O) groups is 2. The predicted octanol–water partition coefficient (Wildman–Crippen LogP) is 1.84. The molecule has 20 heavy (non-hydrogen) atoms. The van der Waals surface area contributed by atoms with Gasteiger partial charge in [-0.2, -0.15) is 0 Å². The molecule has 1 aromatic carbocycles. The van der Waals surface area contributed by atoms with Gasteiger partial charge in [0.15, 0.2) is 5.58 Å². The fourth-order valence-electron chi connectivity index (χ4n) is 2.36. The van der Waals surface area contributed by atoms with Gasteiger partial charge in [-0.15, -0.1) is 0 Å². The number of likely N-dealkylation sites (tertiary alicyclic amines) is 1. The SMILES string of the molecule is Nc1cccc2oc(CN3C(=O)CCCCC3=O)nc12. The molecule has 1 fully saturated rings. The Hall–Kier alpha value is -2.37. The molecule has 0 atom stereocenters. The van der Waals surface area contributed by atoms with Crippen LogP contribution >= 0.6 is 0 Å². The van der Waals surface area contributed by atoms with Crippen molar-refractivity contribution in [2.45, 2.75) is 32.2 Å². The molecular weight excluding hydrogens is 258 g/mol. The van der Waals surface area contributed by atoms with Crippen LogP contribution in [-0.2, 0) is 16.1 Å². The average molecular weight is 273 g/mol. The molecule has 1 aliphatic heterocycles. The van der Waals surface area contributed by atoms with E-state index in [4.69, 9.17) is 10.2 Å². The Kier molecular flexibility index (Phi) is 3.14. The zero-order valence-corrected chi connectivity index (χ0v) is 11.0. The molecular formula is C14H15N3O3. The fourth-order valence-corrected chi connectivity index (χ4v) is 2.36. The summed E-state index contributed by atoms with van der Waals surface area (Å²) in [7, 11) is 0. The van der Waals surface area contributed by atoms with Gasteiger partial charge >= 0.3 is 0 Å². The smallest absolute Gasteiger partial charge is 0.229 e. The second-order valence-corrected chi connectivity index (χ2v) is 4.88. The maximum Gasteiger partial charge on any atom is 0.229 e. The van der Waals surface area contributed by atoms with Crippen molar-refractivity contribution < 1.29 is 14.0 Å². The van der Waals surface area contributed by atoms with Crippen LogP contribution in [0.1, 0.15) is 31.6 Å². The molecule has 2 heterocycles. The number of imide groups is 1. The Morgan fingerprint density at radius 2 is 1.90 bits per heavy atom. The van der Waals surface area contributed by atoms with E-state index in [9.17, 15) is 9.59 Å². The van der Waals surface area contributed by atoms with Gasteiger partial charge in [-0.1, -0.05) is 6.07 Å². The number of hydrogen-bond donors (Lipinski definition) is 1. The first-order valence-corrected chi connectivity index (χ1v) is 6.62. The third-order valence-corrected chi connectivity index (χ3v) is 3.42. The zero-order chi connectivity index (χ0) is 14.1. The Morgan fingerprint density at radius 1 is 1.20 bits per heavy atom. The Balaban J connectivity index is 1.89.